The summed E-state index contributed by atoms with van der Waals surface area (Å²) in [6, 6.07) is 5.16. The van der Waals surface area contributed by atoms with E-state index in [0.29, 0.717) is 5.56 Å². The number of hydrogen-bond acceptors (Lipinski definition) is 9. The molecular weight excluding hydrogens is 470 g/mol. The quantitative estimate of drug-likeness (QED) is 0.340. The number of hydrogen-bond donors (Lipinski definition) is 5. The lowest BCUT2D eigenvalue weighted by Gasteiger charge is -2.41. The number of aliphatic hydroxyl groups is 2. The zero-order valence-electron chi connectivity index (χ0n) is 19.9. The summed E-state index contributed by atoms with van der Waals surface area (Å²) >= 11 is 0. The zero-order valence-corrected chi connectivity index (χ0v) is 19.9. The van der Waals surface area contributed by atoms with Crippen molar-refractivity contribution in [2.75, 3.05) is 0 Å². The molecule has 0 aromatic heterocycles. The van der Waals surface area contributed by atoms with Gasteiger partial charge in [-0.15, -0.1) is 0 Å². The van der Waals surface area contributed by atoms with Crippen LogP contribution in [0.15, 0.2) is 24.3 Å². The summed E-state index contributed by atoms with van der Waals surface area (Å²) in [4.78, 5) is 39.0. The predicted octanol–water partition coefficient (Wildman–Crippen LogP) is 0.303. The summed E-state index contributed by atoms with van der Waals surface area (Å²) in [6.45, 7) is 2.91. The number of aromatic hydroxyl groups is 2. The van der Waals surface area contributed by atoms with Crippen LogP contribution in [0.3, 0.4) is 0 Å². The first-order chi connectivity index (χ1) is 16.9. The zero-order chi connectivity index (χ0) is 26.1. The molecule has 2 aromatic carbocycles. The first-order valence-electron chi connectivity index (χ1n) is 11.8. The van der Waals surface area contributed by atoms with Crippen molar-refractivity contribution in [1.29, 1.82) is 0 Å². The Morgan fingerprint density at radius 3 is 2.53 bits per heavy atom. The Bertz CT molecular complexity index is 1290. The Hall–Kier alpha value is -3.15. The van der Waals surface area contributed by atoms with Crippen molar-refractivity contribution in [2.45, 2.75) is 69.4 Å². The van der Waals surface area contributed by atoms with E-state index in [1.54, 1.807) is 6.92 Å². The van der Waals surface area contributed by atoms with Gasteiger partial charge < -0.3 is 35.6 Å². The number of phenols is 2. The Balaban J connectivity index is 1.63. The molecule has 0 amide bonds. The molecule has 10 nitrogen and oxygen atoms in total. The molecule has 10 heteroatoms. The van der Waals surface area contributed by atoms with Gasteiger partial charge in [0.15, 0.2) is 23.6 Å². The minimum Gasteiger partial charge on any atom is -0.507 e. The third-order valence-corrected chi connectivity index (χ3v) is 7.56. The highest BCUT2D eigenvalue weighted by Gasteiger charge is 2.47. The molecule has 2 aromatic rings. The highest BCUT2D eigenvalue weighted by atomic mass is 16.7. The molecule has 1 saturated heterocycles. The molecule has 0 unspecified atom stereocenters. The van der Waals surface area contributed by atoms with E-state index >= 15 is 0 Å². The SMILES string of the molecule is CC(=O)[C@]1(O)Cc2c(cc3c(c2O)C(=O)c2cccc(O)c2C3=O)[C@@H](O[C@H]2C[C@H]([NH3+])[C@H](O)[C@H](C)O2)C1. The van der Waals surface area contributed by atoms with Crippen molar-refractivity contribution >= 4 is 17.3 Å². The van der Waals surface area contributed by atoms with Gasteiger partial charge in [-0.2, -0.15) is 0 Å². The molecule has 0 bridgehead atoms. The molecule has 2 aliphatic carbocycles. The van der Waals surface area contributed by atoms with E-state index in [1.807, 2.05) is 0 Å². The number of Topliss-reactive ketones (excluding diaryl/α,β-unsaturated/α-hetero) is 1. The first-order valence-corrected chi connectivity index (χ1v) is 11.8. The third kappa shape index (κ3) is 3.64. The van der Waals surface area contributed by atoms with Gasteiger partial charge in [0.2, 0.25) is 0 Å². The van der Waals surface area contributed by atoms with Crippen LogP contribution in [0.4, 0.5) is 0 Å². The number of aliphatic hydroxyl groups excluding tert-OH is 1. The second-order valence-electron chi connectivity index (χ2n) is 9.92. The number of carbonyl (C=O) groups excluding carboxylic acids is 3. The number of phenolic OH excluding ortho intramolecular Hbond substituents is 2. The molecule has 36 heavy (non-hydrogen) atoms. The minimum atomic E-state index is -1.88. The number of quaternary nitrogens is 1. The molecule has 190 valence electrons. The van der Waals surface area contributed by atoms with Crippen molar-refractivity contribution in [1.82, 2.24) is 0 Å². The van der Waals surface area contributed by atoms with Crippen LogP contribution in [0.5, 0.6) is 11.5 Å². The smallest absolute Gasteiger partial charge is 0.198 e. The van der Waals surface area contributed by atoms with Gasteiger partial charge in [-0.05, 0) is 31.5 Å². The summed E-state index contributed by atoms with van der Waals surface area (Å²) in [5.41, 5.74) is 1.97. The number of benzene rings is 2. The first kappa shape index (κ1) is 24.5. The van der Waals surface area contributed by atoms with Gasteiger partial charge in [-0.1, -0.05) is 12.1 Å². The van der Waals surface area contributed by atoms with Crippen molar-refractivity contribution in [3.05, 3.63) is 57.6 Å². The van der Waals surface area contributed by atoms with E-state index in [9.17, 15) is 34.8 Å². The minimum absolute atomic E-state index is 0.0437. The topological polar surface area (TPSA) is 178 Å². The molecule has 1 fully saturated rings. The predicted molar refractivity (Wildman–Crippen MR) is 122 cm³/mol. The third-order valence-electron chi connectivity index (χ3n) is 7.56. The lowest BCUT2D eigenvalue weighted by Crippen LogP contribution is -2.71. The average Bonchev–Trinajstić information content (AvgIpc) is 2.81. The van der Waals surface area contributed by atoms with Crippen molar-refractivity contribution in [3.8, 4) is 11.5 Å². The summed E-state index contributed by atoms with van der Waals surface area (Å²) in [7, 11) is 0. The molecule has 1 heterocycles. The van der Waals surface area contributed by atoms with E-state index in [1.165, 1.54) is 31.2 Å². The van der Waals surface area contributed by atoms with E-state index in [0.717, 1.165) is 0 Å². The lowest BCUT2D eigenvalue weighted by atomic mass is 9.72. The van der Waals surface area contributed by atoms with E-state index < -0.39 is 53.3 Å². The number of ether oxygens (including phenoxy) is 2. The van der Waals surface area contributed by atoms with Crippen molar-refractivity contribution in [2.24, 2.45) is 0 Å². The Kier molecular flexibility index (Phi) is 5.77. The van der Waals surface area contributed by atoms with E-state index in [2.05, 4.69) is 5.73 Å². The Morgan fingerprint density at radius 1 is 1.17 bits per heavy atom. The summed E-state index contributed by atoms with van der Waals surface area (Å²) < 4.78 is 11.9. The van der Waals surface area contributed by atoms with E-state index in [4.69, 9.17) is 9.47 Å². The highest BCUT2D eigenvalue weighted by Crippen LogP contribution is 2.47. The molecule has 0 spiro atoms. The van der Waals surface area contributed by atoms with Gasteiger partial charge in [0, 0.05) is 29.5 Å². The van der Waals surface area contributed by atoms with Gasteiger partial charge in [-0.25, -0.2) is 0 Å². The summed E-state index contributed by atoms with van der Waals surface area (Å²) in [5, 5.41) is 42.8. The average molecular weight is 499 g/mol. The van der Waals surface area contributed by atoms with Crippen LogP contribution in [-0.4, -0.2) is 67.9 Å². The fourth-order valence-electron chi connectivity index (χ4n) is 5.44. The maximum absolute atomic E-state index is 13.3. The number of ketones is 3. The molecule has 6 atom stereocenters. The highest BCUT2D eigenvalue weighted by molar-refractivity contribution is 6.30. The van der Waals surface area contributed by atoms with Crippen LogP contribution in [-0.2, 0) is 20.7 Å². The van der Waals surface area contributed by atoms with Gasteiger partial charge in [0.25, 0.3) is 0 Å². The van der Waals surface area contributed by atoms with Gasteiger partial charge in [0.05, 0.1) is 29.8 Å². The molecular formula is C26H28NO9+. The Morgan fingerprint density at radius 2 is 1.86 bits per heavy atom. The van der Waals surface area contributed by atoms with Crippen LogP contribution >= 0.6 is 0 Å². The second-order valence-corrected chi connectivity index (χ2v) is 9.92. The normalized spacial score (nSPS) is 31.4. The fraction of sp³-hybridized carbons (Fsp3) is 0.423. The van der Waals surface area contributed by atoms with Gasteiger partial charge in [-0.3, -0.25) is 14.4 Å². The largest absolute Gasteiger partial charge is 0.507 e. The second kappa shape index (κ2) is 8.46. The molecule has 3 aliphatic rings. The maximum atomic E-state index is 13.3. The van der Waals surface area contributed by atoms with Crippen molar-refractivity contribution in [3.63, 3.8) is 0 Å². The maximum Gasteiger partial charge on any atom is 0.198 e. The standard InChI is InChI=1S/C26H27NO9/c1-10-22(30)16(27)7-19(35-10)36-18-9-26(34,11(2)28)8-15-13(18)6-14-21(25(15)33)23(31)12-4-3-5-17(29)20(12)24(14)32/h3-6,10,16,18-19,22,29-30,33-34H,7-9,27H2,1-2H3/p+1/t10-,16-,18-,19-,22+,26-/m0/s1. The Labute approximate surface area is 206 Å². The van der Waals surface area contributed by atoms with Gasteiger partial charge >= 0.3 is 0 Å². The molecule has 0 radical (unpaired) electrons. The summed E-state index contributed by atoms with van der Waals surface area (Å²) in [6.07, 6.45) is -3.38. The molecule has 7 N–H and O–H groups in total. The van der Waals surface area contributed by atoms with Crippen LogP contribution in [0.2, 0.25) is 0 Å². The number of rotatable bonds is 3. The monoisotopic (exact) mass is 498 g/mol. The van der Waals surface area contributed by atoms with Crippen LogP contribution in [0.25, 0.3) is 0 Å². The van der Waals surface area contributed by atoms with Gasteiger partial charge in [0.1, 0.15) is 29.2 Å². The van der Waals surface area contributed by atoms with Crippen LogP contribution in [0.1, 0.15) is 75.8 Å². The van der Waals surface area contributed by atoms with E-state index in [-0.39, 0.29) is 58.9 Å². The fourth-order valence-corrected chi connectivity index (χ4v) is 5.44. The van der Waals surface area contributed by atoms with Crippen molar-refractivity contribution < 1.29 is 50.0 Å². The summed E-state index contributed by atoms with van der Waals surface area (Å²) in [5.74, 6) is -2.68. The molecule has 1 aliphatic heterocycles. The van der Waals surface area contributed by atoms with Crippen LogP contribution in [0, 0.1) is 0 Å². The number of fused-ring (bicyclic) bond motifs is 3. The number of carbonyl (C=O) groups is 3. The molecule has 5 rings (SSSR count). The lowest BCUT2D eigenvalue weighted by molar-refractivity contribution is -0.466. The van der Waals surface area contributed by atoms with Crippen LogP contribution < -0.4 is 5.73 Å². The molecule has 0 saturated carbocycles.